The number of anilines is 2. The number of halogens is 3. The SMILES string of the molecule is Cc1noc(C)c1-c1ccc2c(c1)nc([C@@H]1CCCC(=O)N1c1ccc(F)c(F)c1)n2-c1ccc(N(C)C)c(F)c1. The van der Waals surface area contributed by atoms with Gasteiger partial charge in [-0.3, -0.25) is 9.36 Å². The van der Waals surface area contributed by atoms with E-state index < -0.39 is 23.5 Å². The molecule has 10 heteroatoms. The Labute approximate surface area is 234 Å². The molecule has 0 radical (unpaired) electrons. The number of carbonyl (C=O) groups is 1. The summed E-state index contributed by atoms with van der Waals surface area (Å²) in [5, 5.41) is 4.07. The quantitative estimate of drug-likeness (QED) is 0.231. The predicted octanol–water partition coefficient (Wildman–Crippen LogP) is 7.04. The molecule has 3 heterocycles. The fourth-order valence-electron chi connectivity index (χ4n) is 5.72. The van der Waals surface area contributed by atoms with Crippen molar-refractivity contribution in [2.75, 3.05) is 23.9 Å². The lowest BCUT2D eigenvalue weighted by Gasteiger charge is -2.35. The van der Waals surface area contributed by atoms with E-state index in [0.717, 1.165) is 29.0 Å². The summed E-state index contributed by atoms with van der Waals surface area (Å²) in [7, 11) is 3.53. The number of hydrogen-bond acceptors (Lipinski definition) is 5. The molecule has 1 aliphatic rings. The smallest absolute Gasteiger partial charge is 0.227 e. The molecule has 1 aliphatic heterocycles. The van der Waals surface area contributed by atoms with Gasteiger partial charge in [-0.1, -0.05) is 11.2 Å². The van der Waals surface area contributed by atoms with Crippen LogP contribution in [0.1, 0.15) is 42.6 Å². The van der Waals surface area contributed by atoms with Crippen LogP contribution in [0, 0.1) is 31.3 Å². The lowest BCUT2D eigenvalue weighted by Crippen LogP contribution is -2.39. The van der Waals surface area contributed by atoms with Crippen molar-refractivity contribution in [1.29, 1.82) is 0 Å². The monoisotopic (exact) mass is 559 g/mol. The number of carbonyl (C=O) groups excluding carboxylic acids is 1. The summed E-state index contributed by atoms with van der Waals surface area (Å²) in [5.41, 5.74) is 4.98. The Balaban J connectivity index is 1.58. The molecule has 0 unspecified atom stereocenters. The number of fused-ring (bicyclic) bond motifs is 1. The molecular formula is C31H28F3N5O2. The van der Waals surface area contributed by atoms with E-state index in [1.807, 2.05) is 36.6 Å². The van der Waals surface area contributed by atoms with Gasteiger partial charge in [-0.05, 0) is 68.7 Å². The van der Waals surface area contributed by atoms with E-state index in [2.05, 4.69) is 5.16 Å². The van der Waals surface area contributed by atoms with Crippen molar-refractivity contribution in [1.82, 2.24) is 14.7 Å². The molecule has 6 rings (SSSR count). The van der Waals surface area contributed by atoms with Crippen molar-refractivity contribution in [3.05, 3.63) is 89.3 Å². The highest BCUT2D eigenvalue weighted by molar-refractivity contribution is 5.95. The zero-order chi connectivity index (χ0) is 29.0. The van der Waals surface area contributed by atoms with Crippen LogP contribution in [0.25, 0.3) is 27.8 Å². The third kappa shape index (κ3) is 4.53. The van der Waals surface area contributed by atoms with Crippen molar-refractivity contribution in [2.45, 2.75) is 39.2 Å². The summed E-state index contributed by atoms with van der Waals surface area (Å²) < 4.78 is 50.6. The summed E-state index contributed by atoms with van der Waals surface area (Å²) in [5.74, 6) is -1.51. The summed E-state index contributed by atoms with van der Waals surface area (Å²) >= 11 is 0. The fraction of sp³-hybridized carbons (Fsp3) is 0.258. The van der Waals surface area contributed by atoms with Crippen LogP contribution in [-0.2, 0) is 4.79 Å². The van der Waals surface area contributed by atoms with Crippen LogP contribution < -0.4 is 9.80 Å². The van der Waals surface area contributed by atoms with Crippen molar-refractivity contribution in [3.63, 3.8) is 0 Å². The molecule has 7 nitrogen and oxygen atoms in total. The molecule has 0 N–H and O–H groups in total. The summed E-state index contributed by atoms with van der Waals surface area (Å²) in [4.78, 5) is 21.4. The first-order chi connectivity index (χ1) is 19.6. The fourth-order valence-corrected chi connectivity index (χ4v) is 5.72. The lowest BCUT2D eigenvalue weighted by molar-refractivity contribution is -0.120. The van der Waals surface area contributed by atoms with Crippen LogP contribution >= 0.6 is 0 Å². The summed E-state index contributed by atoms with van der Waals surface area (Å²) in [6.07, 6.45) is 1.38. The highest BCUT2D eigenvalue weighted by atomic mass is 19.2. The molecule has 41 heavy (non-hydrogen) atoms. The minimum absolute atomic E-state index is 0.226. The standard InChI is InChI=1S/C31H28F3N5O2/c1-17-30(18(2)41-36-17)19-8-12-27-25(14-19)35-31(39(27)21-10-13-26(37(3)4)24(34)16-21)28-6-5-7-29(40)38(28)20-9-11-22(32)23(33)15-20/h8-16,28H,5-7H2,1-4H3/t28-/m0/s1. The molecule has 1 saturated heterocycles. The number of piperidine rings is 1. The molecule has 5 aromatic rings. The van der Waals surface area contributed by atoms with E-state index in [0.29, 0.717) is 46.8 Å². The molecule has 0 aliphatic carbocycles. The van der Waals surface area contributed by atoms with E-state index >= 15 is 4.39 Å². The number of rotatable bonds is 5. The van der Waals surface area contributed by atoms with E-state index in [9.17, 15) is 13.6 Å². The van der Waals surface area contributed by atoms with E-state index in [4.69, 9.17) is 9.51 Å². The number of imidazole rings is 1. The predicted molar refractivity (Wildman–Crippen MR) is 151 cm³/mol. The molecule has 0 saturated carbocycles. The topological polar surface area (TPSA) is 67.4 Å². The molecule has 0 spiro atoms. The van der Waals surface area contributed by atoms with Gasteiger partial charge in [0, 0.05) is 43.9 Å². The van der Waals surface area contributed by atoms with Gasteiger partial charge in [-0.25, -0.2) is 18.2 Å². The first kappa shape index (κ1) is 26.6. The average molecular weight is 560 g/mol. The Bertz CT molecular complexity index is 1790. The third-order valence-electron chi connectivity index (χ3n) is 7.60. The van der Waals surface area contributed by atoms with Gasteiger partial charge < -0.3 is 14.3 Å². The molecule has 0 bridgehead atoms. The van der Waals surface area contributed by atoms with Gasteiger partial charge in [0.05, 0.1) is 34.1 Å². The van der Waals surface area contributed by atoms with Crippen LogP contribution in [0.4, 0.5) is 24.5 Å². The first-order valence-electron chi connectivity index (χ1n) is 13.3. The molecule has 210 valence electrons. The second-order valence-corrected chi connectivity index (χ2v) is 10.5. The Hall–Kier alpha value is -4.60. The largest absolute Gasteiger partial charge is 0.375 e. The van der Waals surface area contributed by atoms with Crippen LogP contribution in [0.2, 0.25) is 0 Å². The normalized spacial score (nSPS) is 15.6. The van der Waals surface area contributed by atoms with Crippen LogP contribution in [-0.4, -0.2) is 34.7 Å². The minimum atomic E-state index is -1.04. The van der Waals surface area contributed by atoms with Gasteiger partial charge in [0.2, 0.25) is 5.91 Å². The number of amides is 1. The second-order valence-electron chi connectivity index (χ2n) is 10.5. The van der Waals surface area contributed by atoms with Gasteiger partial charge in [0.15, 0.2) is 11.6 Å². The Morgan fingerprint density at radius 2 is 1.68 bits per heavy atom. The number of benzene rings is 3. The van der Waals surface area contributed by atoms with Gasteiger partial charge in [0.1, 0.15) is 17.4 Å². The van der Waals surface area contributed by atoms with E-state index in [-0.39, 0.29) is 18.0 Å². The van der Waals surface area contributed by atoms with Crippen molar-refractivity contribution < 1.29 is 22.5 Å². The maximum absolute atomic E-state index is 15.3. The summed E-state index contributed by atoms with van der Waals surface area (Å²) in [6.45, 7) is 3.70. The van der Waals surface area contributed by atoms with Crippen molar-refractivity contribution >= 4 is 28.3 Å². The number of aryl methyl sites for hydroxylation is 2. The third-order valence-corrected chi connectivity index (χ3v) is 7.60. The Morgan fingerprint density at radius 3 is 2.37 bits per heavy atom. The molecule has 1 amide bonds. The summed E-state index contributed by atoms with van der Waals surface area (Å²) in [6, 6.07) is 13.5. The first-order valence-corrected chi connectivity index (χ1v) is 13.3. The van der Waals surface area contributed by atoms with Gasteiger partial charge >= 0.3 is 0 Å². The highest BCUT2D eigenvalue weighted by Crippen LogP contribution is 2.40. The number of aromatic nitrogens is 3. The average Bonchev–Trinajstić information content (AvgIpc) is 3.48. The highest BCUT2D eigenvalue weighted by Gasteiger charge is 2.35. The van der Waals surface area contributed by atoms with Gasteiger partial charge in [-0.15, -0.1) is 0 Å². The number of hydrogen-bond donors (Lipinski definition) is 0. The molecule has 2 aromatic heterocycles. The van der Waals surface area contributed by atoms with E-state index in [1.54, 1.807) is 31.1 Å². The maximum atomic E-state index is 15.3. The molecule has 1 atom stereocenters. The lowest BCUT2D eigenvalue weighted by atomic mass is 9.99. The zero-order valence-corrected chi connectivity index (χ0v) is 23.1. The maximum Gasteiger partial charge on any atom is 0.227 e. The van der Waals surface area contributed by atoms with Gasteiger partial charge in [-0.2, -0.15) is 0 Å². The van der Waals surface area contributed by atoms with Crippen molar-refractivity contribution in [2.24, 2.45) is 0 Å². The van der Waals surface area contributed by atoms with Crippen LogP contribution in [0.5, 0.6) is 0 Å². The molecule has 3 aromatic carbocycles. The van der Waals surface area contributed by atoms with Crippen LogP contribution in [0.3, 0.4) is 0 Å². The Kier molecular flexibility index (Phi) is 6.56. The van der Waals surface area contributed by atoms with Crippen molar-refractivity contribution in [3.8, 4) is 16.8 Å². The van der Waals surface area contributed by atoms with E-state index in [1.165, 1.54) is 17.0 Å². The van der Waals surface area contributed by atoms with Crippen LogP contribution in [0.15, 0.2) is 59.1 Å². The minimum Gasteiger partial charge on any atom is -0.375 e. The number of nitrogens with zero attached hydrogens (tertiary/aromatic N) is 5. The second kappa shape index (κ2) is 10.1. The zero-order valence-electron chi connectivity index (χ0n) is 23.1. The van der Waals surface area contributed by atoms with Gasteiger partial charge in [0.25, 0.3) is 0 Å². The molecular weight excluding hydrogens is 531 g/mol. The Morgan fingerprint density at radius 1 is 0.927 bits per heavy atom. The molecule has 1 fully saturated rings.